The quantitative estimate of drug-likeness (QED) is 0.202. The van der Waals surface area contributed by atoms with Crippen LogP contribution in [0.1, 0.15) is 48.1 Å². The molecule has 0 aliphatic heterocycles. The molecule has 2 aliphatic rings. The van der Waals surface area contributed by atoms with E-state index >= 15 is 0 Å². The van der Waals surface area contributed by atoms with E-state index in [9.17, 15) is 0 Å². The predicted octanol–water partition coefficient (Wildman–Crippen LogP) is 9.84. The minimum atomic E-state index is -0.0156. The summed E-state index contributed by atoms with van der Waals surface area (Å²) in [5.74, 6) is 0.839. The van der Waals surface area contributed by atoms with Gasteiger partial charge in [0.15, 0.2) is 0 Å². The average Bonchev–Trinajstić information content (AvgIpc) is 3.06. The molecule has 0 saturated carbocycles. The first kappa shape index (κ1) is 29.1. The van der Waals surface area contributed by atoms with Gasteiger partial charge in [0.2, 0.25) is 0 Å². The number of nitrogens with two attached hydrogens (primary N) is 1. The summed E-state index contributed by atoms with van der Waals surface area (Å²) >= 11 is 0. The van der Waals surface area contributed by atoms with Crippen LogP contribution in [0, 0.1) is 6.92 Å². The summed E-state index contributed by atoms with van der Waals surface area (Å²) in [6, 6.07) is 34.4. The van der Waals surface area contributed by atoms with Crippen LogP contribution in [-0.2, 0) is 0 Å². The Morgan fingerprint density at radius 2 is 1.64 bits per heavy atom. The van der Waals surface area contributed by atoms with Gasteiger partial charge in [0.05, 0.1) is 19.2 Å². The van der Waals surface area contributed by atoms with E-state index in [1.54, 1.807) is 7.11 Å². The van der Waals surface area contributed by atoms with Crippen molar-refractivity contribution < 1.29 is 4.74 Å². The maximum atomic E-state index is 7.09. The molecule has 220 valence electrons. The second-order valence-corrected chi connectivity index (χ2v) is 11.5. The molecule has 0 spiro atoms. The molecule has 0 saturated heterocycles. The molecule has 4 aromatic carbocycles. The van der Waals surface area contributed by atoms with E-state index in [1.807, 2.05) is 6.07 Å². The molecule has 2 aliphatic carbocycles. The molecule has 44 heavy (non-hydrogen) atoms. The molecular weight excluding hydrogens is 536 g/mol. The highest BCUT2D eigenvalue weighted by molar-refractivity contribution is 5.87. The Morgan fingerprint density at radius 1 is 0.886 bits per heavy atom. The highest BCUT2D eigenvalue weighted by Gasteiger charge is 2.31. The smallest absolute Gasteiger partial charge is 0.124 e. The molecule has 0 radical (unpaired) electrons. The normalized spacial score (nSPS) is 17.6. The Balaban J connectivity index is 1.48. The number of allylic oxidation sites excluding steroid dienone is 7. The van der Waals surface area contributed by atoms with Crippen LogP contribution in [0.15, 0.2) is 145 Å². The number of hydrogen-bond donors (Lipinski definition) is 1. The number of methoxy groups -OCH3 is 1. The summed E-state index contributed by atoms with van der Waals surface area (Å²) in [5.41, 5.74) is 18.3. The van der Waals surface area contributed by atoms with Crippen LogP contribution in [-0.4, -0.2) is 13.2 Å². The van der Waals surface area contributed by atoms with Crippen molar-refractivity contribution in [2.45, 2.75) is 38.8 Å². The van der Waals surface area contributed by atoms with Gasteiger partial charge in [-0.25, -0.2) is 0 Å². The molecule has 2 unspecified atom stereocenters. The lowest BCUT2D eigenvalue weighted by Crippen LogP contribution is -2.39. The second-order valence-electron chi connectivity index (χ2n) is 11.5. The average molecular weight is 577 g/mol. The zero-order valence-corrected chi connectivity index (χ0v) is 25.8. The van der Waals surface area contributed by atoms with Crippen LogP contribution >= 0.6 is 0 Å². The third kappa shape index (κ3) is 5.91. The zero-order chi connectivity index (χ0) is 30.5. The van der Waals surface area contributed by atoms with Gasteiger partial charge in [0.1, 0.15) is 5.75 Å². The Labute approximate surface area is 262 Å². The van der Waals surface area contributed by atoms with Gasteiger partial charge in [-0.2, -0.15) is 0 Å². The Bertz CT molecular complexity index is 1780. The van der Waals surface area contributed by atoms with Crippen molar-refractivity contribution in [3.05, 3.63) is 167 Å². The standard InChI is InChI=1S/C41H40N2O/c1-29-25-26-34(31-15-7-4-8-16-31)27-39(29)43(35-21-13-22-35)30(2)41-36(23-14-24-40(41)44-3)38(42)28-37(32-17-9-5-10-18-32)33-19-11-6-12-20-33/h4-19,21,23-28,30,35H,20,22,42H2,1-3H3/b37-33+,38-28-. The predicted molar refractivity (Wildman–Crippen MR) is 186 cm³/mol. The number of rotatable bonds is 9. The maximum absolute atomic E-state index is 7.09. The summed E-state index contributed by atoms with van der Waals surface area (Å²) in [4.78, 5) is 2.54. The highest BCUT2D eigenvalue weighted by atomic mass is 16.5. The molecular formula is C41H40N2O. The second kappa shape index (κ2) is 13.1. The maximum Gasteiger partial charge on any atom is 0.124 e. The molecule has 6 rings (SSSR count). The largest absolute Gasteiger partial charge is 0.496 e. The molecule has 2 N–H and O–H groups in total. The Kier molecular flexibility index (Phi) is 8.65. The molecule has 3 heteroatoms. The van der Waals surface area contributed by atoms with Gasteiger partial charge in [0, 0.05) is 22.5 Å². The first-order chi connectivity index (χ1) is 21.5. The topological polar surface area (TPSA) is 38.5 Å². The summed E-state index contributed by atoms with van der Waals surface area (Å²) in [7, 11) is 1.75. The molecule has 3 nitrogen and oxygen atoms in total. The molecule has 0 heterocycles. The number of anilines is 1. The van der Waals surface area contributed by atoms with Crippen LogP contribution < -0.4 is 15.4 Å². The van der Waals surface area contributed by atoms with Crippen molar-refractivity contribution in [2.24, 2.45) is 5.73 Å². The van der Waals surface area contributed by atoms with Crippen molar-refractivity contribution in [1.29, 1.82) is 0 Å². The van der Waals surface area contributed by atoms with Crippen molar-refractivity contribution in [1.82, 2.24) is 0 Å². The first-order valence-corrected chi connectivity index (χ1v) is 15.4. The van der Waals surface area contributed by atoms with E-state index in [0.717, 1.165) is 46.6 Å². The fraction of sp³-hybridized carbons (Fsp3) is 0.171. The van der Waals surface area contributed by atoms with Gasteiger partial charge >= 0.3 is 0 Å². The number of nitrogens with zero attached hydrogens (tertiary/aromatic N) is 1. The van der Waals surface area contributed by atoms with E-state index in [1.165, 1.54) is 28.0 Å². The third-order valence-electron chi connectivity index (χ3n) is 8.73. The van der Waals surface area contributed by atoms with Crippen LogP contribution in [0.3, 0.4) is 0 Å². The van der Waals surface area contributed by atoms with Gasteiger partial charge in [-0.15, -0.1) is 0 Å². The van der Waals surface area contributed by atoms with E-state index < -0.39 is 0 Å². The number of aryl methyl sites for hydroxylation is 1. The van der Waals surface area contributed by atoms with E-state index in [2.05, 4.69) is 152 Å². The lowest BCUT2D eigenvalue weighted by atomic mass is 9.89. The summed E-state index contributed by atoms with van der Waals surface area (Å²) < 4.78 is 6.04. The summed E-state index contributed by atoms with van der Waals surface area (Å²) in [6.45, 7) is 4.48. The van der Waals surface area contributed by atoms with Gasteiger partial charge < -0.3 is 15.4 Å². The molecule has 0 bridgehead atoms. The van der Waals surface area contributed by atoms with E-state index in [4.69, 9.17) is 10.5 Å². The van der Waals surface area contributed by atoms with Gasteiger partial charge in [-0.3, -0.25) is 0 Å². The first-order valence-electron chi connectivity index (χ1n) is 15.4. The molecule has 0 fully saturated rings. The van der Waals surface area contributed by atoms with Crippen molar-refractivity contribution in [3.63, 3.8) is 0 Å². The lowest BCUT2D eigenvalue weighted by Gasteiger charge is -2.42. The van der Waals surface area contributed by atoms with Crippen LogP contribution in [0.5, 0.6) is 5.75 Å². The molecule has 0 aromatic heterocycles. The van der Waals surface area contributed by atoms with Crippen LogP contribution in [0.25, 0.3) is 22.4 Å². The van der Waals surface area contributed by atoms with Crippen LogP contribution in [0.4, 0.5) is 5.69 Å². The highest BCUT2D eigenvalue weighted by Crippen LogP contribution is 2.42. The zero-order valence-electron chi connectivity index (χ0n) is 25.8. The Hall–Kier alpha value is -5.02. The molecule has 0 amide bonds. The van der Waals surface area contributed by atoms with Crippen molar-refractivity contribution in [3.8, 4) is 16.9 Å². The van der Waals surface area contributed by atoms with Crippen molar-refractivity contribution in [2.75, 3.05) is 12.0 Å². The SMILES string of the molecule is COc1cccc(/C(N)=C/C(=C2/C=CC=CC2)c2ccccc2)c1C(C)N(c1cc(-c2ccccc2)ccc1C)C1C=CC1. The fourth-order valence-corrected chi connectivity index (χ4v) is 6.31. The number of ether oxygens (including phenoxy) is 1. The minimum absolute atomic E-state index is 0.0156. The van der Waals surface area contributed by atoms with Crippen LogP contribution in [0.2, 0.25) is 0 Å². The van der Waals surface area contributed by atoms with Crippen molar-refractivity contribution >= 4 is 17.0 Å². The fourth-order valence-electron chi connectivity index (χ4n) is 6.31. The third-order valence-corrected chi connectivity index (χ3v) is 8.73. The molecule has 4 aromatic rings. The number of benzene rings is 4. The Morgan fingerprint density at radius 3 is 2.30 bits per heavy atom. The molecule has 2 atom stereocenters. The monoisotopic (exact) mass is 576 g/mol. The summed E-state index contributed by atoms with van der Waals surface area (Å²) in [5, 5.41) is 0. The van der Waals surface area contributed by atoms with Gasteiger partial charge in [-0.1, -0.05) is 121 Å². The number of hydrogen-bond acceptors (Lipinski definition) is 3. The summed E-state index contributed by atoms with van der Waals surface area (Å²) in [6.07, 6.45) is 17.1. The van der Waals surface area contributed by atoms with Gasteiger partial charge in [-0.05, 0) is 78.3 Å². The van der Waals surface area contributed by atoms with Gasteiger partial charge in [0.25, 0.3) is 0 Å². The minimum Gasteiger partial charge on any atom is -0.496 e. The van der Waals surface area contributed by atoms with E-state index in [-0.39, 0.29) is 12.1 Å². The van der Waals surface area contributed by atoms with E-state index in [0.29, 0.717) is 0 Å². The lowest BCUT2D eigenvalue weighted by molar-refractivity contribution is 0.403.